The van der Waals surface area contributed by atoms with Crippen LogP contribution < -0.4 is 11.1 Å². The molecule has 0 spiro atoms. The molecule has 1 heterocycles. The molecule has 0 aliphatic carbocycles. The predicted octanol–water partition coefficient (Wildman–Crippen LogP) is 2.26. The molecule has 24 heavy (non-hydrogen) atoms. The van der Waals surface area contributed by atoms with Crippen molar-refractivity contribution in [1.29, 1.82) is 0 Å². The molecule has 0 amide bonds. The van der Waals surface area contributed by atoms with Gasteiger partial charge >= 0.3 is 0 Å². The molecular formula is C16H15N3O4S. The average Bonchev–Trinajstić information content (AvgIpc) is 2.84. The molecular weight excluding hydrogens is 330 g/mol. The minimum absolute atomic E-state index is 0.125. The third-order valence-electron chi connectivity index (χ3n) is 3.71. The van der Waals surface area contributed by atoms with Gasteiger partial charge in [-0.15, -0.1) is 0 Å². The Bertz CT molecular complexity index is 917. The van der Waals surface area contributed by atoms with Crippen LogP contribution in [-0.2, 0) is 9.84 Å². The normalized spacial score (nSPS) is 16.2. The molecule has 2 aromatic rings. The number of nitrogen functional groups attached to an aromatic ring is 1. The van der Waals surface area contributed by atoms with Gasteiger partial charge in [0.05, 0.1) is 10.7 Å². The molecule has 1 aliphatic heterocycles. The molecule has 8 heteroatoms. The maximum absolute atomic E-state index is 11.6. The SMILES string of the molecule is Nc1ccc(-c2ccc(NC3=C([N+](=O)[O-])CS(=O)(=O)C3)cc2)cc1. The Morgan fingerprint density at radius 3 is 2.04 bits per heavy atom. The van der Waals surface area contributed by atoms with E-state index in [1.807, 2.05) is 24.3 Å². The van der Waals surface area contributed by atoms with E-state index in [-0.39, 0.29) is 17.1 Å². The maximum Gasteiger partial charge on any atom is 0.281 e. The van der Waals surface area contributed by atoms with Gasteiger partial charge in [0.25, 0.3) is 5.70 Å². The Hall–Kier alpha value is -2.87. The van der Waals surface area contributed by atoms with E-state index >= 15 is 0 Å². The fraction of sp³-hybridized carbons (Fsp3) is 0.125. The third kappa shape index (κ3) is 3.38. The van der Waals surface area contributed by atoms with Gasteiger partial charge in [-0.1, -0.05) is 24.3 Å². The summed E-state index contributed by atoms with van der Waals surface area (Å²) in [5.41, 5.74) is 8.72. The number of benzene rings is 2. The summed E-state index contributed by atoms with van der Waals surface area (Å²) < 4.78 is 23.2. The Balaban J connectivity index is 1.82. The van der Waals surface area contributed by atoms with Crippen LogP contribution in [0.5, 0.6) is 0 Å². The lowest BCUT2D eigenvalue weighted by molar-refractivity contribution is -0.424. The van der Waals surface area contributed by atoms with Crippen LogP contribution >= 0.6 is 0 Å². The number of nitro groups is 1. The van der Waals surface area contributed by atoms with Gasteiger partial charge in [0.2, 0.25) is 0 Å². The van der Waals surface area contributed by atoms with Crippen molar-refractivity contribution in [1.82, 2.24) is 0 Å². The first-order valence-electron chi connectivity index (χ1n) is 7.14. The Labute approximate surface area is 138 Å². The van der Waals surface area contributed by atoms with E-state index in [0.29, 0.717) is 11.4 Å². The van der Waals surface area contributed by atoms with Crippen molar-refractivity contribution in [2.45, 2.75) is 0 Å². The molecule has 7 nitrogen and oxygen atoms in total. The van der Waals surface area contributed by atoms with E-state index in [4.69, 9.17) is 5.73 Å². The highest BCUT2D eigenvalue weighted by Crippen LogP contribution is 2.25. The first kappa shape index (κ1) is 16.0. The summed E-state index contributed by atoms with van der Waals surface area (Å²) in [5.74, 6) is -0.880. The molecule has 0 unspecified atom stereocenters. The van der Waals surface area contributed by atoms with Crippen molar-refractivity contribution in [3.8, 4) is 11.1 Å². The zero-order valence-electron chi connectivity index (χ0n) is 12.6. The zero-order valence-corrected chi connectivity index (χ0v) is 13.4. The van der Waals surface area contributed by atoms with Crippen LogP contribution in [0.4, 0.5) is 11.4 Å². The lowest BCUT2D eigenvalue weighted by atomic mass is 10.1. The number of nitrogens with two attached hydrogens (primary N) is 1. The predicted molar refractivity (Wildman–Crippen MR) is 92.6 cm³/mol. The van der Waals surface area contributed by atoms with Crippen LogP contribution in [0.2, 0.25) is 0 Å². The number of nitrogens with one attached hydrogen (secondary N) is 1. The first-order valence-corrected chi connectivity index (χ1v) is 8.96. The molecule has 3 rings (SSSR count). The van der Waals surface area contributed by atoms with Gasteiger partial charge in [-0.2, -0.15) is 0 Å². The molecule has 0 aromatic heterocycles. The van der Waals surface area contributed by atoms with Crippen LogP contribution in [0, 0.1) is 10.1 Å². The molecule has 0 fully saturated rings. The van der Waals surface area contributed by atoms with Gasteiger partial charge < -0.3 is 11.1 Å². The fourth-order valence-corrected chi connectivity index (χ4v) is 3.99. The van der Waals surface area contributed by atoms with Crippen molar-refractivity contribution < 1.29 is 13.3 Å². The molecule has 0 radical (unpaired) electrons. The van der Waals surface area contributed by atoms with Gasteiger partial charge in [-0.05, 0) is 35.4 Å². The average molecular weight is 345 g/mol. The number of hydrogen-bond donors (Lipinski definition) is 2. The Morgan fingerprint density at radius 1 is 0.958 bits per heavy atom. The van der Waals surface area contributed by atoms with Crippen molar-refractivity contribution in [3.05, 3.63) is 70.0 Å². The summed E-state index contributed by atoms with van der Waals surface area (Å²) in [6.45, 7) is 0. The largest absolute Gasteiger partial charge is 0.399 e. The van der Waals surface area contributed by atoms with Crippen LogP contribution in [0.25, 0.3) is 11.1 Å². The Kier molecular flexibility index (Phi) is 3.98. The van der Waals surface area contributed by atoms with E-state index in [9.17, 15) is 18.5 Å². The number of anilines is 2. The lowest BCUT2D eigenvalue weighted by Gasteiger charge is -2.08. The second-order valence-electron chi connectivity index (χ2n) is 5.54. The Morgan fingerprint density at radius 2 is 1.50 bits per heavy atom. The summed E-state index contributed by atoms with van der Waals surface area (Å²) in [6.07, 6.45) is 0. The highest BCUT2D eigenvalue weighted by molar-refractivity contribution is 7.92. The van der Waals surface area contributed by atoms with E-state index in [0.717, 1.165) is 11.1 Å². The monoisotopic (exact) mass is 345 g/mol. The van der Waals surface area contributed by atoms with Crippen molar-refractivity contribution in [2.24, 2.45) is 0 Å². The highest BCUT2D eigenvalue weighted by atomic mass is 32.2. The van der Waals surface area contributed by atoms with Gasteiger partial charge in [0.15, 0.2) is 9.84 Å². The molecule has 124 valence electrons. The quantitative estimate of drug-likeness (QED) is 0.499. The summed E-state index contributed by atoms with van der Waals surface area (Å²) in [7, 11) is -3.46. The summed E-state index contributed by atoms with van der Waals surface area (Å²) in [6, 6.07) is 14.6. The summed E-state index contributed by atoms with van der Waals surface area (Å²) >= 11 is 0. The smallest absolute Gasteiger partial charge is 0.281 e. The zero-order chi connectivity index (χ0) is 17.3. The molecule has 0 atom stereocenters. The van der Waals surface area contributed by atoms with Crippen LogP contribution in [0.3, 0.4) is 0 Å². The first-order chi connectivity index (χ1) is 11.3. The van der Waals surface area contributed by atoms with Gasteiger partial charge in [-0.3, -0.25) is 10.1 Å². The second kappa shape index (κ2) is 5.97. The molecule has 1 aliphatic rings. The second-order valence-corrected chi connectivity index (χ2v) is 7.60. The van der Waals surface area contributed by atoms with E-state index in [1.165, 1.54) is 0 Å². The third-order valence-corrected chi connectivity index (χ3v) is 5.16. The van der Waals surface area contributed by atoms with Crippen molar-refractivity contribution in [3.63, 3.8) is 0 Å². The molecule has 2 aromatic carbocycles. The maximum atomic E-state index is 11.6. The minimum Gasteiger partial charge on any atom is -0.399 e. The minimum atomic E-state index is -3.46. The van der Waals surface area contributed by atoms with Gasteiger partial charge in [0, 0.05) is 11.4 Å². The lowest BCUT2D eigenvalue weighted by Crippen LogP contribution is -2.07. The van der Waals surface area contributed by atoms with Gasteiger partial charge in [0.1, 0.15) is 11.4 Å². The number of rotatable bonds is 4. The molecule has 3 N–H and O–H groups in total. The standard InChI is InChI=1S/C16H15N3O4S/c17-13-5-1-11(2-6-13)12-3-7-14(8-4-12)18-15-9-24(22,23)10-16(15)19(20)21/h1-8,18H,9-10,17H2. The number of sulfone groups is 1. The topological polar surface area (TPSA) is 115 Å². The van der Waals surface area contributed by atoms with Crippen LogP contribution in [-0.4, -0.2) is 24.8 Å². The van der Waals surface area contributed by atoms with Crippen molar-refractivity contribution in [2.75, 3.05) is 22.6 Å². The summed E-state index contributed by atoms with van der Waals surface area (Å²) in [5, 5.41) is 13.8. The van der Waals surface area contributed by atoms with Gasteiger partial charge in [-0.25, -0.2) is 8.42 Å². The molecule has 0 bridgehead atoms. The molecule has 0 saturated heterocycles. The van der Waals surface area contributed by atoms with E-state index in [1.54, 1.807) is 24.3 Å². The number of hydrogen-bond acceptors (Lipinski definition) is 6. The van der Waals surface area contributed by atoms with Crippen LogP contribution in [0.15, 0.2) is 59.9 Å². The highest BCUT2D eigenvalue weighted by Gasteiger charge is 2.35. The molecule has 0 saturated carbocycles. The fourth-order valence-electron chi connectivity index (χ4n) is 2.52. The van der Waals surface area contributed by atoms with E-state index in [2.05, 4.69) is 5.32 Å². The summed E-state index contributed by atoms with van der Waals surface area (Å²) in [4.78, 5) is 10.3. The van der Waals surface area contributed by atoms with Crippen LogP contribution in [0.1, 0.15) is 0 Å². The number of nitrogens with zero attached hydrogens (tertiary/aromatic N) is 1. The van der Waals surface area contributed by atoms with E-state index < -0.39 is 20.5 Å². The van der Waals surface area contributed by atoms with Crippen molar-refractivity contribution >= 4 is 21.2 Å².